The largest absolute Gasteiger partial charge is 0.497 e. The van der Waals surface area contributed by atoms with E-state index in [0.717, 1.165) is 16.9 Å². The first-order valence-electron chi connectivity index (χ1n) is 6.81. The normalized spacial score (nSPS) is 34.1. The summed E-state index contributed by atoms with van der Waals surface area (Å²) < 4.78 is 10.9. The topological polar surface area (TPSA) is 50.7 Å². The standard InChI is InChI=1S/C15H21NO3/c1-10-3-11(5-14(4-10)18-2)15(17)6-12-8-19-9-13(7-15)16-12/h3-5,12-13,16-17H,6-9H2,1-2H3. The molecular weight excluding hydrogens is 242 g/mol. The predicted octanol–water partition coefficient (Wildman–Crippen LogP) is 1.34. The summed E-state index contributed by atoms with van der Waals surface area (Å²) in [6.07, 6.45) is 1.38. The number of aliphatic hydroxyl groups is 1. The number of rotatable bonds is 2. The maximum atomic E-state index is 11.0. The third-order valence-electron chi connectivity index (χ3n) is 4.10. The molecule has 0 radical (unpaired) electrons. The Morgan fingerprint density at radius 3 is 2.58 bits per heavy atom. The molecule has 0 saturated carbocycles. The van der Waals surface area contributed by atoms with Crippen molar-refractivity contribution in [3.63, 3.8) is 0 Å². The molecular formula is C15H21NO3. The monoisotopic (exact) mass is 263 g/mol. The van der Waals surface area contributed by atoms with Gasteiger partial charge in [-0.1, -0.05) is 6.07 Å². The summed E-state index contributed by atoms with van der Waals surface area (Å²) in [5.41, 5.74) is 1.30. The minimum atomic E-state index is -0.774. The van der Waals surface area contributed by atoms with Crippen LogP contribution in [0.5, 0.6) is 5.75 Å². The molecule has 104 valence electrons. The fourth-order valence-corrected chi connectivity index (χ4v) is 3.29. The van der Waals surface area contributed by atoms with Crippen molar-refractivity contribution in [1.29, 1.82) is 0 Å². The summed E-state index contributed by atoms with van der Waals surface area (Å²) in [6.45, 7) is 3.39. The number of hydrogen-bond acceptors (Lipinski definition) is 4. The second kappa shape index (κ2) is 4.78. The van der Waals surface area contributed by atoms with Crippen LogP contribution >= 0.6 is 0 Å². The highest BCUT2D eigenvalue weighted by atomic mass is 16.5. The summed E-state index contributed by atoms with van der Waals surface area (Å²) in [7, 11) is 1.66. The Morgan fingerprint density at radius 1 is 1.26 bits per heavy atom. The van der Waals surface area contributed by atoms with Gasteiger partial charge in [-0.15, -0.1) is 0 Å². The minimum Gasteiger partial charge on any atom is -0.497 e. The van der Waals surface area contributed by atoms with Crippen molar-refractivity contribution in [2.75, 3.05) is 20.3 Å². The highest BCUT2D eigenvalue weighted by molar-refractivity contribution is 5.37. The van der Waals surface area contributed by atoms with Crippen molar-refractivity contribution in [1.82, 2.24) is 5.32 Å². The van der Waals surface area contributed by atoms with E-state index in [1.54, 1.807) is 7.11 Å². The van der Waals surface area contributed by atoms with Gasteiger partial charge >= 0.3 is 0 Å². The van der Waals surface area contributed by atoms with Crippen molar-refractivity contribution >= 4 is 0 Å². The van der Waals surface area contributed by atoms with Crippen molar-refractivity contribution in [3.05, 3.63) is 29.3 Å². The van der Waals surface area contributed by atoms with Crippen LogP contribution in [0.1, 0.15) is 24.0 Å². The molecule has 2 fully saturated rings. The molecule has 2 aliphatic rings. The zero-order chi connectivity index (χ0) is 13.5. The molecule has 4 nitrogen and oxygen atoms in total. The van der Waals surface area contributed by atoms with Gasteiger partial charge in [-0.25, -0.2) is 0 Å². The summed E-state index contributed by atoms with van der Waals surface area (Å²) in [4.78, 5) is 0. The maximum absolute atomic E-state index is 11.0. The first-order chi connectivity index (χ1) is 9.09. The van der Waals surface area contributed by atoms with Crippen LogP contribution in [0, 0.1) is 6.92 Å². The van der Waals surface area contributed by atoms with E-state index < -0.39 is 5.60 Å². The van der Waals surface area contributed by atoms with Crippen LogP contribution in [0.4, 0.5) is 0 Å². The highest BCUT2D eigenvalue weighted by Gasteiger charge is 2.42. The molecule has 0 aliphatic carbocycles. The van der Waals surface area contributed by atoms with Gasteiger partial charge in [-0.2, -0.15) is 0 Å². The van der Waals surface area contributed by atoms with Gasteiger partial charge in [-0.3, -0.25) is 0 Å². The fraction of sp³-hybridized carbons (Fsp3) is 0.600. The molecule has 1 aromatic carbocycles. The lowest BCUT2D eigenvalue weighted by Crippen LogP contribution is -2.58. The number of benzene rings is 1. The molecule has 2 saturated heterocycles. The Labute approximate surface area is 113 Å². The third kappa shape index (κ3) is 2.48. The maximum Gasteiger partial charge on any atom is 0.119 e. The van der Waals surface area contributed by atoms with Gasteiger partial charge in [0.15, 0.2) is 0 Å². The number of nitrogens with one attached hydrogen (secondary N) is 1. The van der Waals surface area contributed by atoms with Gasteiger partial charge in [0.1, 0.15) is 5.75 Å². The number of fused-ring (bicyclic) bond motifs is 2. The average molecular weight is 263 g/mol. The van der Waals surface area contributed by atoms with Crippen LogP contribution in [0.2, 0.25) is 0 Å². The van der Waals surface area contributed by atoms with Crippen molar-refractivity contribution in [2.45, 2.75) is 37.5 Å². The molecule has 3 rings (SSSR count). The molecule has 1 aromatic rings. The van der Waals surface area contributed by atoms with Gasteiger partial charge in [0.25, 0.3) is 0 Å². The summed E-state index contributed by atoms with van der Waals surface area (Å²) in [5.74, 6) is 0.809. The lowest BCUT2D eigenvalue weighted by Gasteiger charge is -2.45. The van der Waals surface area contributed by atoms with E-state index in [2.05, 4.69) is 11.4 Å². The smallest absolute Gasteiger partial charge is 0.119 e. The van der Waals surface area contributed by atoms with E-state index in [0.29, 0.717) is 26.1 Å². The van der Waals surface area contributed by atoms with E-state index in [1.807, 2.05) is 19.1 Å². The van der Waals surface area contributed by atoms with Crippen LogP contribution in [0.3, 0.4) is 0 Å². The lowest BCUT2D eigenvalue weighted by atomic mass is 9.77. The summed E-state index contributed by atoms with van der Waals surface area (Å²) >= 11 is 0. The molecule has 0 amide bonds. The number of ether oxygens (including phenoxy) is 2. The van der Waals surface area contributed by atoms with Gasteiger partial charge in [0.2, 0.25) is 0 Å². The third-order valence-corrected chi connectivity index (χ3v) is 4.10. The molecule has 4 heteroatoms. The SMILES string of the molecule is COc1cc(C)cc(C2(O)CC3COCC(C2)N3)c1. The van der Waals surface area contributed by atoms with Crippen LogP contribution in [-0.4, -0.2) is 37.5 Å². The van der Waals surface area contributed by atoms with E-state index in [-0.39, 0.29) is 12.1 Å². The molecule has 2 N–H and O–H groups in total. The second-order valence-corrected chi connectivity index (χ2v) is 5.78. The van der Waals surface area contributed by atoms with Gasteiger partial charge in [0, 0.05) is 12.1 Å². The average Bonchev–Trinajstić information content (AvgIpc) is 2.37. The highest BCUT2D eigenvalue weighted by Crippen LogP contribution is 2.38. The molecule has 2 bridgehead atoms. The lowest BCUT2D eigenvalue weighted by molar-refractivity contribution is -0.0803. The Balaban J connectivity index is 1.93. The second-order valence-electron chi connectivity index (χ2n) is 5.78. The molecule has 2 unspecified atom stereocenters. The first-order valence-corrected chi connectivity index (χ1v) is 6.81. The predicted molar refractivity (Wildman–Crippen MR) is 72.4 cm³/mol. The van der Waals surface area contributed by atoms with Gasteiger partial charge in [-0.05, 0) is 43.0 Å². The number of piperidine rings is 1. The quantitative estimate of drug-likeness (QED) is 0.845. The van der Waals surface area contributed by atoms with E-state index in [4.69, 9.17) is 9.47 Å². The molecule has 19 heavy (non-hydrogen) atoms. The first kappa shape index (κ1) is 12.9. The van der Waals surface area contributed by atoms with Crippen molar-refractivity contribution < 1.29 is 14.6 Å². The van der Waals surface area contributed by atoms with Gasteiger partial charge in [0.05, 0.1) is 25.9 Å². The Hall–Kier alpha value is -1.10. The minimum absolute atomic E-state index is 0.240. The van der Waals surface area contributed by atoms with E-state index in [9.17, 15) is 5.11 Å². The van der Waals surface area contributed by atoms with E-state index >= 15 is 0 Å². The molecule has 0 spiro atoms. The number of aryl methyl sites for hydroxylation is 1. The number of morpholine rings is 1. The number of hydrogen-bond donors (Lipinski definition) is 2. The molecule has 2 aliphatic heterocycles. The summed E-state index contributed by atoms with van der Waals surface area (Å²) in [5, 5.41) is 14.5. The van der Waals surface area contributed by atoms with Crippen molar-refractivity contribution in [2.24, 2.45) is 0 Å². The fourth-order valence-electron chi connectivity index (χ4n) is 3.29. The van der Waals surface area contributed by atoms with Gasteiger partial charge < -0.3 is 19.9 Å². The molecule has 0 aromatic heterocycles. The molecule has 2 heterocycles. The Bertz CT molecular complexity index is 462. The zero-order valence-electron chi connectivity index (χ0n) is 11.5. The van der Waals surface area contributed by atoms with E-state index in [1.165, 1.54) is 0 Å². The summed E-state index contributed by atoms with van der Waals surface area (Å²) in [6, 6.07) is 6.48. The Kier molecular flexibility index (Phi) is 3.25. The van der Waals surface area contributed by atoms with Crippen LogP contribution in [0.25, 0.3) is 0 Å². The molecule has 2 atom stereocenters. The number of methoxy groups -OCH3 is 1. The van der Waals surface area contributed by atoms with Crippen LogP contribution < -0.4 is 10.1 Å². The van der Waals surface area contributed by atoms with Crippen LogP contribution in [0.15, 0.2) is 18.2 Å². The van der Waals surface area contributed by atoms with Crippen molar-refractivity contribution in [3.8, 4) is 5.75 Å². The zero-order valence-corrected chi connectivity index (χ0v) is 11.5. The van der Waals surface area contributed by atoms with Crippen LogP contribution in [-0.2, 0) is 10.3 Å². The Morgan fingerprint density at radius 2 is 1.95 bits per heavy atom.